The molecule has 3 heterocycles. The Morgan fingerprint density at radius 1 is 1.27 bits per heavy atom. The zero-order chi connectivity index (χ0) is 15.3. The predicted octanol–water partition coefficient (Wildman–Crippen LogP) is 3.54. The summed E-state index contributed by atoms with van der Waals surface area (Å²) in [7, 11) is 0. The molecule has 7 heteroatoms. The highest BCUT2D eigenvalue weighted by molar-refractivity contribution is 9.10. The lowest BCUT2D eigenvalue weighted by Gasteiger charge is -2.16. The van der Waals surface area contributed by atoms with Crippen molar-refractivity contribution in [2.45, 2.75) is 25.8 Å². The van der Waals surface area contributed by atoms with Gasteiger partial charge in [-0.05, 0) is 31.0 Å². The van der Waals surface area contributed by atoms with Gasteiger partial charge in [0.15, 0.2) is 11.2 Å². The minimum Gasteiger partial charge on any atom is -0.322 e. The van der Waals surface area contributed by atoms with Crippen LogP contribution in [0.1, 0.15) is 18.7 Å². The number of halogens is 2. The third-order valence-electron chi connectivity index (χ3n) is 3.90. The smallest absolute Gasteiger partial charge is 0.281 e. The molecule has 0 saturated heterocycles. The van der Waals surface area contributed by atoms with E-state index in [-0.39, 0.29) is 5.56 Å². The Hall–Kier alpha value is -1.66. The number of fused-ring (bicyclic) bond motifs is 2. The Labute approximate surface area is 139 Å². The number of aryl methyl sites for hydroxylation is 1. The van der Waals surface area contributed by atoms with E-state index in [0.29, 0.717) is 22.0 Å². The number of hydrogen-bond donors (Lipinski definition) is 1. The first kappa shape index (κ1) is 14.0. The van der Waals surface area contributed by atoms with Crippen LogP contribution in [0.3, 0.4) is 0 Å². The molecule has 0 amide bonds. The lowest BCUT2D eigenvalue weighted by Crippen LogP contribution is -2.28. The van der Waals surface area contributed by atoms with Crippen molar-refractivity contribution in [3.8, 4) is 11.4 Å². The van der Waals surface area contributed by atoms with E-state index >= 15 is 0 Å². The molecule has 0 fully saturated rings. The first-order chi connectivity index (χ1) is 10.6. The second-order valence-corrected chi connectivity index (χ2v) is 6.67. The quantitative estimate of drug-likeness (QED) is 0.703. The van der Waals surface area contributed by atoms with Gasteiger partial charge in [0.2, 0.25) is 0 Å². The zero-order valence-corrected chi connectivity index (χ0v) is 13.9. The second-order valence-electron chi connectivity index (χ2n) is 5.35. The number of aromatic nitrogens is 4. The SMILES string of the molecule is O=c1c2nc(-c3ccc(Br)cc3Cl)[nH]c2nc2n1CCCC2. The number of H-pyrrole nitrogens is 1. The largest absolute Gasteiger partial charge is 0.322 e. The molecule has 0 saturated carbocycles. The van der Waals surface area contributed by atoms with Gasteiger partial charge in [0.25, 0.3) is 5.56 Å². The Morgan fingerprint density at radius 2 is 2.14 bits per heavy atom. The standard InChI is InChI=1S/C15H12BrClN4O/c16-8-4-5-9(10(17)7-8)13-19-12-14(20-13)18-11-3-1-2-6-21(11)15(12)22/h4-5,7H,1-3,6H2,(H,19,20). The van der Waals surface area contributed by atoms with Crippen molar-refractivity contribution >= 4 is 38.7 Å². The van der Waals surface area contributed by atoms with Crippen molar-refractivity contribution in [3.05, 3.63) is 43.9 Å². The Bertz CT molecular complexity index is 947. The van der Waals surface area contributed by atoms with Gasteiger partial charge < -0.3 is 4.98 Å². The number of aromatic amines is 1. The third kappa shape index (κ3) is 2.18. The molecule has 0 atom stereocenters. The van der Waals surface area contributed by atoms with E-state index in [9.17, 15) is 4.79 Å². The molecule has 0 aliphatic carbocycles. The van der Waals surface area contributed by atoms with E-state index in [1.54, 1.807) is 10.6 Å². The van der Waals surface area contributed by atoms with Gasteiger partial charge in [-0.25, -0.2) is 9.97 Å². The summed E-state index contributed by atoms with van der Waals surface area (Å²) in [6, 6.07) is 5.55. The van der Waals surface area contributed by atoms with Gasteiger partial charge in [-0.15, -0.1) is 0 Å². The van der Waals surface area contributed by atoms with E-state index < -0.39 is 0 Å². The summed E-state index contributed by atoms with van der Waals surface area (Å²) < 4.78 is 2.63. The van der Waals surface area contributed by atoms with Crippen LogP contribution in [0, 0.1) is 0 Å². The Balaban J connectivity index is 1.94. The van der Waals surface area contributed by atoms with Gasteiger partial charge in [-0.1, -0.05) is 27.5 Å². The van der Waals surface area contributed by atoms with Crippen LogP contribution in [0.15, 0.2) is 27.5 Å². The van der Waals surface area contributed by atoms with Crippen molar-refractivity contribution in [3.63, 3.8) is 0 Å². The maximum absolute atomic E-state index is 12.6. The zero-order valence-electron chi connectivity index (χ0n) is 11.6. The van der Waals surface area contributed by atoms with Crippen LogP contribution >= 0.6 is 27.5 Å². The molecule has 4 rings (SSSR count). The normalized spacial score (nSPS) is 14.3. The van der Waals surface area contributed by atoms with Gasteiger partial charge in [0.05, 0.1) is 5.02 Å². The van der Waals surface area contributed by atoms with Crippen LogP contribution in [0.4, 0.5) is 0 Å². The van der Waals surface area contributed by atoms with Crippen molar-refractivity contribution in [2.75, 3.05) is 0 Å². The number of nitrogens with one attached hydrogen (secondary N) is 1. The first-order valence-electron chi connectivity index (χ1n) is 7.08. The molecular formula is C15H12BrClN4O. The summed E-state index contributed by atoms with van der Waals surface area (Å²) >= 11 is 9.64. The molecule has 0 spiro atoms. The van der Waals surface area contributed by atoms with Gasteiger partial charge in [0, 0.05) is 23.0 Å². The van der Waals surface area contributed by atoms with E-state index in [1.807, 2.05) is 12.1 Å². The fourth-order valence-corrected chi connectivity index (χ4v) is 3.58. The molecule has 1 aromatic carbocycles. The van der Waals surface area contributed by atoms with Gasteiger partial charge in [0.1, 0.15) is 11.6 Å². The number of nitrogens with zero attached hydrogens (tertiary/aromatic N) is 3. The molecule has 1 N–H and O–H groups in total. The molecule has 1 aliphatic rings. The molecular weight excluding hydrogens is 368 g/mol. The fraction of sp³-hybridized carbons (Fsp3) is 0.267. The number of hydrogen-bond acceptors (Lipinski definition) is 3. The van der Waals surface area contributed by atoms with Crippen molar-refractivity contribution < 1.29 is 0 Å². The lowest BCUT2D eigenvalue weighted by atomic mass is 10.1. The van der Waals surface area contributed by atoms with Crippen molar-refractivity contribution in [2.24, 2.45) is 0 Å². The topological polar surface area (TPSA) is 63.6 Å². The highest BCUT2D eigenvalue weighted by atomic mass is 79.9. The molecule has 0 bridgehead atoms. The molecule has 112 valence electrons. The maximum Gasteiger partial charge on any atom is 0.281 e. The number of imidazole rings is 1. The molecule has 22 heavy (non-hydrogen) atoms. The van der Waals surface area contributed by atoms with Crippen LogP contribution in [0.5, 0.6) is 0 Å². The molecule has 0 radical (unpaired) electrons. The van der Waals surface area contributed by atoms with Crippen molar-refractivity contribution in [1.29, 1.82) is 0 Å². The second kappa shape index (κ2) is 5.21. The van der Waals surface area contributed by atoms with Crippen LogP contribution in [0.2, 0.25) is 5.02 Å². The van der Waals surface area contributed by atoms with Crippen LogP contribution in [-0.4, -0.2) is 19.5 Å². The third-order valence-corrected chi connectivity index (χ3v) is 4.71. The van der Waals surface area contributed by atoms with Crippen molar-refractivity contribution in [1.82, 2.24) is 19.5 Å². The molecule has 2 aromatic heterocycles. The van der Waals surface area contributed by atoms with Crippen LogP contribution < -0.4 is 5.56 Å². The average Bonchev–Trinajstić information content (AvgIpc) is 2.91. The fourth-order valence-electron chi connectivity index (χ4n) is 2.81. The van der Waals surface area contributed by atoms with Crippen LogP contribution in [0.25, 0.3) is 22.6 Å². The predicted molar refractivity (Wildman–Crippen MR) is 89.2 cm³/mol. The highest BCUT2D eigenvalue weighted by Gasteiger charge is 2.18. The Morgan fingerprint density at radius 3 is 2.95 bits per heavy atom. The lowest BCUT2D eigenvalue weighted by molar-refractivity contribution is 0.500. The molecule has 3 aromatic rings. The molecule has 0 unspecified atom stereocenters. The first-order valence-corrected chi connectivity index (χ1v) is 8.25. The summed E-state index contributed by atoms with van der Waals surface area (Å²) in [6.45, 7) is 0.721. The molecule has 5 nitrogen and oxygen atoms in total. The minimum atomic E-state index is -0.0737. The van der Waals surface area contributed by atoms with E-state index in [4.69, 9.17) is 11.6 Å². The van der Waals surface area contributed by atoms with Gasteiger partial charge >= 0.3 is 0 Å². The van der Waals surface area contributed by atoms with E-state index in [2.05, 4.69) is 30.9 Å². The molecule has 1 aliphatic heterocycles. The summed E-state index contributed by atoms with van der Waals surface area (Å²) in [5, 5.41) is 0.568. The van der Waals surface area contributed by atoms with Gasteiger partial charge in [-0.3, -0.25) is 9.36 Å². The monoisotopic (exact) mass is 378 g/mol. The Kier molecular flexibility index (Phi) is 3.31. The average molecular weight is 380 g/mol. The highest BCUT2D eigenvalue weighted by Crippen LogP contribution is 2.29. The maximum atomic E-state index is 12.6. The van der Waals surface area contributed by atoms with E-state index in [0.717, 1.165) is 41.7 Å². The summed E-state index contributed by atoms with van der Waals surface area (Å²) in [5.41, 5.74) is 1.59. The summed E-state index contributed by atoms with van der Waals surface area (Å²) in [6.07, 6.45) is 2.91. The minimum absolute atomic E-state index is 0.0737. The van der Waals surface area contributed by atoms with Crippen LogP contribution in [-0.2, 0) is 13.0 Å². The number of rotatable bonds is 1. The van der Waals surface area contributed by atoms with E-state index in [1.165, 1.54) is 0 Å². The summed E-state index contributed by atoms with van der Waals surface area (Å²) in [4.78, 5) is 24.7. The summed E-state index contributed by atoms with van der Waals surface area (Å²) in [5.74, 6) is 1.40. The number of benzene rings is 1. The van der Waals surface area contributed by atoms with Gasteiger partial charge in [-0.2, -0.15) is 0 Å².